The Bertz CT molecular complexity index is 759. The van der Waals surface area contributed by atoms with Gasteiger partial charge in [-0.3, -0.25) is 19.7 Å². The molecule has 1 atom stereocenters. The SMILES string of the molecule is CNC(=O)C1CCN(C(=O)c2ccc(N3CCCC(C)C3)c([N+](=O)[O-])c2)CC1. The molecule has 152 valence electrons. The Morgan fingerprint density at radius 1 is 1.18 bits per heavy atom. The lowest BCUT2D eigenvalue weighted by molar-refractivity contribution is -0.384. The third-order valence-electron chi connectivity index (χ3n) is 5.82. The fraction of sp³-hybridized carbons (Fsp3) is 0.600. The summed E-state index contributed by atoms with van der Waals surface area (Å²) in [5, 5.41) is 14.3. The smallest absolute Gasteiger partial charge is 0.293 e. The summed E-state index contributed by atoms with van der Waals surface area (Å²) in [6.07, 6.45) is 3.36. The zero-order valence-corrected chi connectivity index (χ0v) is 16.5. The number of nitrogens with zero attached hydrogens (tertiary/aromatic N) is 3. The Labute approximate surface area is 165 Å². The molecule has 2 fully saturated rings. The maximum Gasteiger partial charge on any atom is 0.293 e. The van der Waals surface area contributed by atoms with E-state index in [0.29, 0.717) is 43.1 Å². The minimum Gasteiger partial charge on any atom is -0.366 e. The summed E-state index contributed by atoms with van der Waals surface area (Å²) < 4.78 is 0. The molecule has 2 heterocycles. The predicted molar refractivity (Wildman–Crippen MR) is 106 cm³/mol. The highest BCUT2D eigenvalue weighted by atomic mass is 16.6. The molecule has 1 aromatic carbocycles. The second-order valence-corrected chi connectivity index (χ2v) is 7.83. The van der Waals surface area contributed by atoms with Crippen molar-refractivity contribution < 1.29 is 14.5 Å². The number of hydrogen-bond donors (Lipinski definition) is 1. The van der Waals surface area contributed by atoms with E-state index < -0.39 is 4.92 Å². The first-order valence-corrected chi connectivity index (χ1v) is 9.95. The number of likely N-dealkylation sites (tertiary alicyclic amines) is 1. The number of nitrogens with one attached hydrogen (secondary N) is 1. The summed E-state index contributed by atoms with van der Waals surface area (Å²) in [5.74, 6) is 0.211. The molecular weight excluding hydrogens is 360 g/mol. The van der Waals surface area contributed by atoms with Crippen molar-refractivity contribution in [3.05, 3.63) is 33.9 Å². The van der Waals surface area contributed by atoms with Crippen LogP contribution in [0.25, 0.3) is 0 Å². The van der Waals surface area contributed by atoms with Gasteiger partial charge < -0.3 is 15.1 Å². The molecule has 0 bridgehead atoms. The Morgan fingerprint density at radius 2 is 1.89 bits per heavy atom. The highest BCUT2D eigenvalue weighted by Crippen LogP contribution is 2.33. The first-order chi connectivity index (χ1) is 13.4. The molecule has 2 aliphatic heterocycles. The zero-order chi connectivity index (χ0) is 20.3. The highest BCUT2D eigenvalue weighted by Gasteiger charge is 2.29. The van der Waals surface area contributed by atoms with Gasteiger partial charge in [-0.15, -0.1) is 0 Å². The van der Waals surface area contributed by atoms with Crippen LogP contribution in [0.4, 0.5) is 11.4 Å². The lowest BCUT2D eigenvalue weighted by atomic mass is 9.95. The number of nitro benzene ring substituents is 1. The predicted octanol–water partition coefficient (Wildman–Crippen LogP) is 2.43. The van der Waals surface area contributed by atoms with Crippen molar-refractivity contribution in [2.75, 3.05) is 38.1 Å². The summed E-state index contributed by atoms with van der Waals surface area (Å²) in [7, 11) is 1.61. The molecule has 2 amide bonds. The molecule has 0 aromatic heterocycles. The van der Waals surface area contributed by atoms with Crippen LogP contribution in [0.3, 0.4) is 0 Å². The number of anilines is 1. The molecule has 8 nitrogen and oxygen atoms in total. The normalized spacial score (nSPS) is 20.7. The molecular formula is C20H28N4O4. The van der Waals surface area contributed by atoms with Gasteiger partial charge in [0.05, 0.1) is 4.92 Å². The zero-order valence-electron chi connectivity index (χ0n) is 16.5. The largest absolute Gasteiger partial charge is 0.366 e. The molecule has 28 heavy (non-hydrogen) atoms. The van der Waals surface area contributed by atoms with Crippen molar-refractivity contribution in [1.29, 1.82) is 0 Å². The van der Waals surface area contributed by atoms with Gasteiger partial charge in [0.15, 0.2) is 0 Å². The van der Waals surface area contributed by atoms with Crippen LogP contribution in [0.1, 0.15) is 43.0 Å². The van der Waals surface area contributed by atoms with Gasteiger partial charge in [-0.1, -0.05) is 6.92 Å². The Morgan fingerprint density at radius 3 is 2.50 bits per heavy atom. The molecule has 2 aliphatic rings. The Kier molecular flexibility index (Phi) is 6.16. The van der Waals surface area contributed by atoms with Crippen LogP contribution in [0.15, 0.2) is 18.2 Å². The third-order valence-corrected chi connectivity index (χ3v) is 5.82. The number of piperidine rings is 2. The van der Waals surface area contributed by atoms with Gasteiger partial charge in [-0.25, -0.2) is 0 Å². The van der Waals surface area contributed by atoms with Crippen molar-refractivity contribution in [2.24, 2.45) is 11.8 Å². The topological polar surface area (TPSA) is 95.8 Å². The van der Waals surface area contributed by atoms with Crippen LogP contribution >= 0.6 is 0 Å². The average molecular weight is 388 g/mol. The van der Waals surface area contributed by atoms with Crippen LogP contribution in [0, 0.1) is 22.0 Å². The second-order valence-electron chi connectivity index (χ2n) is 7.83. The third kappa shape index (κ3) is 4.26. The van der Waals surface area contributed by atoms with Crippen LogP contribution in [0.2, 0.25) is 0 Å². The van der Waals surface area contributed by atoms with E-state index in [4.69, 9.17) is 0 Å². The van der Waals surface area contributed by atoms with Gasteiger partial charge in [0, 0.05) is 50.8 Å². The van der Waals surface area contributed by atoms with E-state index in [-0.39, 0.29) is 23.4 Å². The molecule has 0 radical (unpaired) electrons. The van der Waals surface area contributed by atoms with Gasteiger partial charge in [-0.05, 0) is 43.7 Å². The van der Waals surface area contributed by atoms with Crippen molar-refractivity contribution in [3.8, 4) is 0 Å². The van der Waals surface area contributed by atoms with Gasteiger partial charge in [0.25, 0.3) is 11.6 Å². The van der Waals surface area contributed by atoms with Crippen molar-refractivity contribution in [1.82, 2.24) is 10.2 Å². The molecule has 0 spiro atoms. The van der Waals surface area contributed by atoms with Gasteiger partial charge >= 0.3 is 0 Å². The van der Waals surface area contributed by atoms with E-state index in [0.717, 1.165) is 25.9 Å². The number of benzene rings is 1. The molecule has 2 saturated heterocycles. The summed E-state index contributed by atoms with van der Waals surface area (Å²) in [5.41, 5.74) is 0.908. The van der Waals surface area contributed by atoms with Gasteiger partial charge in [0.2, 0.25) is 5.91 Å². The maximum absolute atomic E-state index is 12.8. The van der Waals surface area contributed by atoms with Crippen LogP contribution < -0.4 is 10.2 Å². The summed E-state index contributed by atoms with van der Waals surface area (Å²) >= 11 is 0. The number of carbonyl (C=O) groups excluding carboxylic acids is 2. The lowest BCUT2D eigenvalue weighted by Gasteiger charge is -2.33. The molecule has 1 aromatic rings. The summed E-state index contributed by atoms with van der Waals surface area (Å²) in [4.78, 5) is 39.6. The van der Waals surface area contributed by atoms with Crippen LogP contribution in [-0.4, -0.2) is 54.9 Å². The Balaban J connectivity index is 1.75. The monoisotopic (exact) mass is 388 g/mol. The average Bonchev–Trinajstić information content (AvgIpc) is 2.72. The van der Waals surface area contributed by atoms with Crippen molar-refractivity contribution in [3.63, 3.8) is 0 Å². The quantitative estimate of drug-likeness (QED) is 0.631. The van der Waals surface area contributed by atoms with Crippen molar-refractivity contribution >= 4 is 23.2 Å². The number of nitro groups is 1. The first kappa shape index (κ1) is 20.1. The standard InChI is InChI=1S/C20H28N4O4/c1-14-4-3-9-23(13-14)17-6-5-16(12-18(17)24(27)28)20(26)22-10-7-15(8-11-22)19(25)21-2/h5-6,12,14-15H,3-4,7-11,13H2,1-2H3,(H,21,25). The first-order valence-electron chi connectivity index (χ1n) is 9.95. The molecule has 3 rings (SSSR count). The van der Waals surface area contributed by atoms with Crippen LogP contribution in [0.5, 0.6) is 0 Å². The minimum atomic E-state index is -0.400. The minimum absolute atomic E-state index is 0.00264. The highest BCUT2D eigenvalue weighted by molar-refractivity contribution is 5.96. The molecule has 1 N–H and O–H groups in total. The molecule has 0 aliphatic carbocycles. The van der Waals surface area contributed by atoms with E-state index in [9.17, 15) is 19.7 Å². The van der Waals surface area contributed by atoms with E-state index in [1.54, 1.807) is 24.1 Å². The second kappa shape index (κ2) is 8.58. The number of carbonyl (C=O) groups is 2. The van der Waals surface area contributed by atoms with Gasteiger partial charge in [-0.2, -0.15) is 0 Å². The fourth-order valence-electron chi connectivity index (χ4n) is 4.21. The van der Waals surface area contributed by atoms with E-state index in [2.05, 4.69) is 17.1 Å². The summed E-state index contributed by atoms with van der Waals surface area (Å²) in [6.45, 7) is 4.71. The lowest BCUT2D eigenvalue weighted by Crippen LogP contribution is -2.42. The van der Waals surface area contributed by atoms with E-state index >= 15 is 0 Å². The van der Waals surface area contributed by atoms with Gasteiger partial charge in [0.1, 0.15) is 5.69 Å². The molecule has 8 heteroatoms. The number of hydrogen-bond acceptors (Lipinski definition) is 5. The number of amides is 2. The van der Waals surface area contributed by atoms with Crippen molar-refractivity contribution in [2.45, 2.75) is 32.6 Å². The maximum atomic E-state index is 12.8. The van der Waals surface area contributed by atoms with E-state index in [1.165, 1.54) is 6.07 Å². The number of rotatable bonds is 4. The van der Waals surface area contributed by atoms with Crippen LogP contribution in [-0.2, 0) is 4.79 Å². The fourth-order valence-corrected chi connectivity index (χ4v) is 4.21. The van der Waals surface area contributed by atoms with E-state index in [1.807, 2.05) is 0 Å². The molecule has 0 saturated carbocycles. The molecule has 1 unspecified atom stereocenters. The Hall–Kier alpha value is -2.64. The summed E-state index contributed by atoms with van der Waals surface area (Å²) in [6, 6.07) is 4.80.